The van der Waals surface area contributed by atoms with E-state index >= 15 is 0 Å². The van der Waals surface area contributed by atoms with Crippen LogP contribution in [0.4, 0.5) is 0 Å². The van der Waals surface area contributed by atoms with E-state index in [-0.39, 0.29) is 6.42 Å². The monoisotopic (exact) mass is 480 g/mol. The summed E-state index contributed by atoms with van der Waals surface area (Å²) < 4.78 is 9.77. The highest BCUT2D eigenvalue weighted by Crippen LogP contribution is 2.38. The second-order valence-corrected chi connectivity index (χ2v) is 7.65. The lowest BCUT2D eigenvalue weighted by Gasteiger charge is -2.12. The van der Waals surface area contributed by atoms with Crippen molar-refractivity contribution in [2.24, 2.45) is 0 Å². The maximum atomic E-state index is 10.8. The third-order valence-corrected chi connectivity index (χ3v) is 5.31. The average molecular weight is 482 g/mol. The number of benzene rings is 2. The summed E-state index contributed by atoms with van der Waals surface area (Å²) in [4.78, 5) is 15.3. The Balaban J connectivity index is 1.91. The molecule has 26 heavy (non-hydrogen) atoms. The minimum atomic E-state index is -0.811. The van der Waals surface area contributed by atoms with Crippen LogP contribution in [0.25, 0.3) is 11.0 Å². The molecule has 0 aliphatic heterocycles. The SMILES string of the molecule is CCn1c(C)nc2ccc(Oc3c(Br)cc(CCC(=O)O)cc3Br)cc21. The van der Waals surface area contributed by atoms with E-state index in [0.717, 1.165) is 37.9 Å². The largest absolute Gasteiger partial charge is 0.481 e. The predicted molar refractivity (Wildman–Crippen MR) is 108 cm³/mol. The van der Waals surface area contributed by atoms with Crippen LogP contribution in [0.2, 0.25) is 0 Å². The van der Waals surface area contributed by atoms with Crippen molar-refractivity contribution in [1.29, 1.82) is 0 Å². The highest BCUT2D eigenvalue weighted by Gasteiger charge is 2.13. The van der Waals surface area contributed by atoms with Gasteiger partial charge in [-0.05, 0) is 82.0 Å². The number of carbonyl (C=O) groups is 1. The zero-order valence-electron chi connectivity index (χ0n) is 14.4. The Bertz CT molecular complexity index is 959. The fraction of sp³-hybridized carbons (Fsp3) is 0.263. The molecule has 0 atom stereocenters. The predicted octanol–water partition coefficient (Wildman–Crippen LogP) is 5.70. The van der Waals surface area contributed by atoms with Gasteiger partial charge in [0.15, 0.2) is 5.75 Å². The van der Waals surface area contributed by atoms with Gasteiger partial charge in [0.1, 0.15) is 11.6 Å². The third kappa shape index (κ3) is 3.94. The van der Waals surface area contributed by atoms with E-state index in [0.29, 0.717) is 17.9 Å². The normalized spacial score (nSPS) is 11.1. The standard InChI is InChI=1S/C19H18Br2N2O3/c1-3-23-11(2)22-16-6-5-13(10-17(16)23)26-19-14(20)8-12(9-15(19)21)4-7-18(24)25/h5-6,8-10H,3-4,7H2,1-2H3,(H,24,25). The molecule has 0 radical (unpaired) electrons. The number of aromatic nitrogens is 2. The molecule has 3 aromatic rings. The number of carboxylic acids is 1. The van der Waals surface area contributed by atoms with Crippen molar-refractivity contribution in [3.8, 4) is 11.5 Å². The molecule has 0 unspecified atom stereocenters. The van der Waals surface area contributed by atoms with Crippen molar-refractivity contribution in [2.75, 3.05) is 0 Å². The molecule has 1 aromatic heterocycles. The molecule has 7 heteroatoms. The number of imidazole rings is 1. The first-order valence-corrected chi connectivity index (χ1v) is 9.82. The minimum Gasteiger partial charge on any atom is -0.481 e. The number of hydrogen-bond donors (Lipinski definition) is 1. The van der Waals surface area contributed by atoms with Gasteiger partial charge in [-0.2, -0.15) is 0 Å². The molecule has 0 aliphatic carbocycles. The molecule has 5 nitrogen and oxygen atoms in total. The quantitative estimate of drug-likeness (QED) is 0.490. The van der Waals surface area contributed by atoms with Crippen LogP contribution in [0.1, 0.15) is 24.7 Å². The Hall–Kier alpha value is -1.86. The fourth-order valence-electron chi connectivity index (χ4n) is 2.91. The summed E-state index contributed by atoms with van der Waals surface area (Å²) in [5, 5.41) is 8.84. The molecular formula is C19H18Br2N2O3. The first kappa shape index (κ1) is 18.9. The van der Waals surface area contributed by atoms with Crippen molar-refractivity contribution in [2.45, 2.75) is 33.2 Å². The second-order valence-electron chi connectivity index (χ2n) is 5.94. The zero-order chi connectivity index (χ0) is 18.8. The van der Waals surface area contributed by atoms with Crippen molar-refractivity contribution >= 4 is 48.9 Å². The van der Waals surface area contributed by atoms with Crippen molar-refractivity contribution in [1.82, 2.24) is 9.55 Å². The fourth-order valence-corrected chi connectivity index (χ4v) is 4.35. The number of ether oxygens (including phenoxy) is 1. The van der Waals surface area contributed by atoms with E-state index in [1.54, 1.807) is 0 Å². The number of aliphatic carboxylic acids is 1. The molecule has 1 heterocycles. The molecule has 0 bridgehead atoms. The second kappa shape index (κ2) is 7.80. The van der Waals surface area contributed by atoms with Gasteiger partial charge in [0, 0.05) is 19.0 Å². The van der Waals surface area contributed by atoms with E-state index in [4.69, 9.17) is 9.84 Å². The summed E-state index contributed by atoms with van der Waals surface area (Å²) in [6.07, 6.45) is 0.559. The van der Waals surface area contributed by atoms with Crippen molar-refractivity contribution in [3.63, 3.8) is 0 Å². The van der Waals surface area contributed by atoms with Crippen LogP contribution in [-0.2, 0) is 17.8 Å². The summed E-state index contributed by atoms with van der Waals surface area (Å²) in [7, 11) is 0. The molecule has 0 spiro atoms. The Labute approximate surface area is 168 Å². The van der Waals surface area contributed by atoms with Crippen LogP contribution >= 0.6 is 31.9 Å². The van der Waals surface area contributed by atoms with Crippen LogP contribution in [0.3, 0.4) is 0 Å². The van der Waals surface area contributed by atoms with Crippen LogP contribution in [0.5, 0.6) is 11.5 Å². The van der Waals surface area contributed by atoms with E-state index in [1.807, 2.05) is 37.3 Å². The Morgan fingerprint density at radius 1 is 1.23 bits per heavy atom. The van der Waals surface area contributed by atoms with Gasteiger partial charge in [0.25, 0.3) is 0 Å². The van der Waals surface area contributed by atoms with Gasteiger partial charge >= 0.3 is 5.97 Å². The molecule has 0 amide bonds. The van der Waals surface area contributed by atoms with Crippen LogP contribution < -0.4 is 4.74 Å². The van der Waals surface area contributed by atoms with E-state index in [2.05, 4.69) is 48.3 Å². The van der Waals surface area contributed by atoms with Gasteiger partial charge in [0.2, 0.25) is 0 Å². The maximum absolute atomic E-state index is 10.8. The molecule has 0 saturated heterocycles. The van der Waals surface area contributed by atoms with Crippen LogP contribution in [0, 0.1) is 6.92 Å². The van der Waals surface area contributed by atoms with Crippen LogP contribution in [-0.4, -0.2) is 20.6 Å². The van der Waals surface area contributed by atoms with Gasteiger partial charge in [-0.1, -0.05) is 0 Å². The number of rotatable bonds is 6. The maximum Gasteiger partial charge on any atom is 0.303 e. The molecule has 3 rings (SSSR count). The van der Waals surface area contributed by atoms with Gasteiger partial charge in [-0.15, -0.1) is 0 Å². The van der Waals surface area contributed by atoms with E-state index in [1.165, 1.54) is 0 Å². The lowest BCUT2D eigenvalue weighted by molar-refractivity contribution is -0.136. The average Bonchev–Trinajstić information content (AvgIpc) is 2.90. The summed E-state index contributed by atoms with van der Waals surface area (Å²) in [6, 6.07) is 9.61. The summed E-state index contributed by atoms with van der Waals surface area (Å²) in [6.45, 7) is 4.93. The number of hydrogen-bond acceptors (Lipinski definition) is 3. The van der Waals surface area contributed by atoms with Crippen LogP contribution in [0.15, 0.2) is 39.3 Å². The Kier molecular flexibility index (Phi) is 5.67. The lowest BCUT2D eigenvalue weighted by atomic mass is 10.1. The molecule has 0 fully saturated rings. The van der Waals surface area contributed by atoms with E-state index in [9.17, 15) is 4.79 Å². The van der Waals surface area contributed by atoms with Gasteiger partial charge < -0.3 is 14.4 Å². The summed E-state index contributed by atoms with van der Waals surface area (Å²) in [5.74, 6) is 1.54. The lowest BCUT2D eigenvalue weighted by Crippen LogP contribution is -1.98. The number of aryl methyl sites for hydroxylation is 3. The highest BCUT2D eigenvalue weighted by molar-refractivity contribution is 9.11. The van der Waals surface area contributed by atoms with E-state index < -0.39 is 5.97 Å². The highest BCUT2D eigenvalue weighted by atomic mass is 79.9. The summed E-state index contributed by atoms with van der Waals surface area (Å²) in [5.41, 5.74) is 2.90. The number of nitrogens with zero attached hydrogens (tertiary/aromatic N) is 2. The molecule has 136 valence electrons. The Morgan fingerprint density at radius 3 is 2.54 bits per heavy atom. The van der Waals surface area contributed by atoms with Crippen molar-refractivity contribution in [3.05, 3.63) is 50.7 Å². The number of halogens is 2. The molecular weight excluding hydrogens is 464 g/mol. The number of carboxylic acid groups (broad SMARTS) is 1. The third-order valence-electron chi connectivity index (χ3n) is 4.13. The molecule has 0 aliphatic rings. The molecule has 1 N–H and O–H groups in total. The van der Waals surface area contributed by atoms with Gasteiger partial charge in [-0.25, -0.2) is 4.98 Å². The Morgan fingerprint density at radius 2 is 1.92 bits per heavy atom. The van der Waals surface area contributed by atoms with Gasteiger partial charge in [-0.3, -0.25) is 4.79 Å². The molecule has 2 aromatic carbocycles. The first-order valence-electron chi connectivity index (χ1n) is 8.23. The summed E-state index contributed by atoms with van der Waals surface area (Å²) >= 11 is 7.05. The topological polar surface area (TPSA) is 64.4 Å². The van der Waals surface area contributed by atoms with Crippen molar-refractivity contribution < 1.29 is 14.6 Å². The smallest absolute Gasteiger partial charge is 0.303 e. The number of fused-ring (bicyclic) bond motifs is 1. The van der Waals surface area contributed by atoms with Gasteiger partial charge in [0.05, 0.1) is 20.0 Å². The zero-order valence-corrected chi connectivity index (χ0v) is 17.6. The molecule has 0 saturated carbocycles. The minimum absolute atomic E-state index is 0.0934. The first-order chi connectivity index (χ1) is 12.4.